The number of nitrogens with one attached hydrogen (secondary N) is 1. The van der Waals surface area contributed by atoms with Crippen LogP contribution in [-0.4, -0.2) is 24.9 Å². The third-order valence-electron chi connectivity index (χ3n) is 2.97. The average molecular weight is 206 g/mol. The standard InChI is InChI=1S/C13H19NO/c1-4-14(5-2)11(3)13(15)12-9-7-6-8-10-12/h6-11H,4-5H2,1-3H3/p+1/t11-/m1/s1. The highest BCUT2D eigenvalue weighted by Gasteiger charge is 2.23. The first-order chi connectivity index (χ1) is 7.20. The molecule has 1 atom stereocenters. The van der Waals surface area contributed by atoms with E-state index in [0.717, 1.165) is 18.7 Å². The predicted octanol–water partition coefficient (Wildman–Crippen LogP) is 1.18. The molecule has 0 aliphatic rings. The number of likely N-dealkylation sites (N-methyl/N-ethyl adjacent to an activating group) is 1. The number of benzene rings is 1. The Balaban J connectivity index is 2.77. The second-order valence-electron chi connectivity index (χ2n) is 3.82. The highest BCUT2D eigenvalue weighted by molar-refractivity contribution is 5.98. The molecule has 0 saturated heterocycles. The Morgan fingerprint density at radius 1 is 1.20 bits per heavy atom. The van der Waals surface area contributed by atoms with Crippen molar-refractivity contribution in [3.63, 3.8) is 0 Å². The van der Waals surface area contributed by atoms with Crippen LogP contribution in [0, 0.1) is 0 Å². The third kappa shape index (κ3) is 2.90. The van der Waals surface area contributed by atoms with Crippen molar-refractivity contribution in [1.82, 2.24) is 0 Å². The molecular weight excluding hydrogens is 186 g/mol. The topological polar surface area (TPSA) is 21.5 Å². The molecule has 82 valence electrons. The Labute approximate surface area is 91.9 Å². The lowest BCUT2D eigenvalue weighted by molar-refractivity contribution is -0.910. The van der Waals surface area contributed by atoms with Crippen LogP contribution in [0.15, 0.2) is 30.3 Å². The van der Waals surface area contributed by atoms with Gasteiger partial charge in [0.05, 0.1) is 13.1 Å². The minimum absolute atomic E-state index is 0.0578. The molecule has 15 heavy (non-hydrogen) atoms. The molecule has 2 nitrogen and oxygen atoms in total. The summed E-state index contributed by atoms with van der Waals surface area (Å²) in [6.45, 7) is 8.24. The Morgan fingerprint density at radius 2 is 1.73 bits per heavy atom. The Morgan fingerprint density at radius 3 is 2.20 bits per heavy atom. The Kier molecular flexibility index (Phi) is 4.50. The summed E-state index contributed by atoms with van der Waals surface area (Å²) in [6.07, 6.45) is 0. The quantitative estimate of drug-likeness (QED) is 0.718. The molecule has 0 aliphatic carbocycles. The molecule has 0 aromatic heterocycles. The van der Waals surface area contributed by atoms with Crippen LogP contribution in [0.4, 0.5) is 0 Å². The monoisotopic (exact) mass is 206 g/mol. The number of hydrogen-bond donors (Lipinski definition) is 1. The Hall–Kier alpha value is -1.15. The van der Waals surface area contributed by atoms with Gasteiger partial charge < -0.3 is 4.90 Å². The molecule has 1 N–H and O–H groups in total. The van der Waals surface area contributed by atoms with E-state index >= 15 is 0 Å². The number of Topliss-reactive ketones (excluding diaryl/α,β-unsaturated/α-hetero) is 1. The molecule has 0 fully saturated rings. The fourth-order valence-electron chi connectivity index (χ4n) is 1.90. The van der Waals surface area contributed by atoms with E-state index in [-0.39, 0.29) is 11.8 Å². The van der Waals surface area contributed by atoms with Crippen molar-refractivity contribution in [2.45, 2.75) is 26.8 Å². The van der Waals surface area contributed by atoms with Gasteiger partial charge in [0.15, 0.2) is 0 Å². The molecule has 0 spiro atoms. The van der Waals surface area contributed by atoms with Crippen molar-refractivity contribution in [3.8, 4) is 0 Å². The molecular formula is C13H20NO+. The van der Waals surface area contributed by atoms with Crippen LogP contribution in [0.25, 0.3) is 0 Å². The maximum absolute atomic E-state index is 12.1. The van der Waals surface area contributed by atoms with Crippen molar-refractivity contribution in [3.05, 3.63) is 35.9 Å². The number of quaternary nitrogens is 1. The first-order valence-electron chi connectivity index (χ1n) is 5.64. The van der Waals surface area contributed by atoms with E-state index in [2.05, 4.69) is 13.8 Å². The molecule has 1 rings (SSSR count). The highest BCUT2D eigenvalue weighted by Crippen LogP contribution is 2.01. The predicted molar refractivity (Wildman–Crippen MR) is 62.3 cm³/mol. The fraction of sp³-hybridized carbons (Fsp3) is 0.462. The molecule has 0 bridgehead atoms. The van der Waals surface area contributed by atoms with Gasteiger partial charge >= 0.3 is 0 Å². The van der Waals surface area contributed by atoms with Gasteiger partial charge in [-0.1, -0.05) is 30.3 Å². The average Bonchev–Trinajstić information content (AvgIpc) is 2.30. The molecule has 0 saturated carbocycles. The van der Waals surface area contributed by atoms with Crippen LogP contribution < -0.4 is 4.90 Å². The number of ketones is 1. The summed E-state index contributed by atoms with van der Waals surface area (Å²) in [5.74, 6) is 0.245. The van der Waals surface area contributed by atoms with Crippen molar-refractivity contribution in [2.75, 3.05) is 13.1 Å². The number of carbonyl (C=O) groups excluding carboxylic acids is 1. The first-order valence-corrected chi connectivity index (χ1v) is 5.64. The maximum Gasteiger partial charge on any atom is 0.219 e. The highest BCUT2D eigenvalue weighted by atomic mass is 16.1. The van der Waals surface area contributed by atoms with Gasteiger partial charge in [-0.15, -0.1) is 0 Å². The first kappa shape index (κ1) is 11.9. The minimum Gasteiger partial charge on any atom is -0.327 e. The van der Waals surface area contributed by atoms with E-state index in [1.54, 1.807) is 0 Å². The van der Waals surface area contributed by atoms with E-state index in [9.17, 15) is 4.79 Å². The van der Waals surface area contributed by atoms with Crippen molar-refractivity contribution < 1.29 is 9.69 Å². The fourth-order valence-corrected chi connectivity index (χ4v) is 1.90. The zero-order chi connectivity index (χ0) is 11.3. The van der Waals surface area contributed by atoms with E-state index in [1.165, 1.54) is 4.90 Å². The van der Waals surface area contributed by atoms with Gasteiger partial charge in [0.1, 0.15) is 6.04 Å². The van der Waals surface area contributed by atoms with E-state index in [0.29, 0.717) is 0 Å². The lowest BCUT2D eigenvalue weighted by Crippen LogP contribution is -3.15. The summed E-state index contributed by atoms with van der Waals surface area (Å²) < 4.78 is 0. The number of hydrogen-bond acceptors (Lipinski definition) is 1. The Bertz CT molecular complexity index is 304. The lowest BCUT2D eigenvalue weighted by Gasteiger charge is -2.22. The van der Waals surface area contributed by atoms with Crippen LogP contribution in [0.2, 0.25) is 0 Å². The second-order valence-corrected chi connectivity index (χ2v) is 3.82. The van der Waals surface area contributed by atoms with Gasteiger partial charge in [-0.2, -0.15) is 0 Å². The van der Waals surface area contributed by atoms with Crippen LogP contribution in [0.1, 0.15) is 31.1 Å². The zero-order valence-electron chi connectivity index (χ0n) is 9.79. The molecule has 0 heterocycles. The lowest BCUT2D eigenvalue weighted by atomic mass is 10.0. The summed E-state index contributed by atoms with van der Waals surface area (Å²) in [6, 6.07) is 9.60. The van der Waals surface area contributed by atoms with Crippen molar-refractivity contribution in [2.24, 2.45) is 0 Å². The van der Waals surface area contributed by atoms with Gasteiger partial charge in [0.25, 0.3) is 0 Å². The summed E-state index contributed by atoms with van der Waals surface area (Å²) in [4.78, 5) is 13.4. The van der Waals surface area contributed by atoms with Gasteiger partial charge in [-0.05, 0) is 20.8 Å². The second kappa shape index (κ2) is 5.66. The normalized spacial score (nSPS) is 12.8. The molecule has 0 unspecified atom stereocenters. The summed E-state index contributed by atoms with van der Waals surface area (Å²) in [5, 5.41) is 0. The molecule has 0 aliphatic heterocycles. The van der Waals surface area contributed by atoms with Crippen LogP contribution in [0.3, 0.4) is 0 Å². The molecule has 0 amide bonds. The van der Waals surface area contributed by atoms with E-state index in [4.69, 9.17) is 0 Å². The SMILES string of the molecule is CC[NH+](CC)[C@H](C)C(=O)c1ccccc1. The molecule has 2 heteroatoms. The minimum atomic E-state index is 0.0578. The van der Waals surface area contributed by atoms with Gasteiger partial charge in [0.2, 0.25) is 5.78 Å². The largest absolute Gasteiger partial charge is 0.327 e. The molecule has 1 aromatic carbocycles. The van der Waals surface area contributed by atoms with Gasteiger partial charge in [0, 0.05) is 5.56 Å². The van der Waals surface area contributed by atoms with Crippen molar-refractivity contribution >= 4 is 5.78 Å². The maximum atomic E-state index is 12.1. The molecule has 1 aromatic rings. The van der Waals surface area contributed by atoms with Crippen LogP contribution in [0.5, 0.6) is 0 Å². The summed E-state index contributed by atoms with van der Waals surface area (Å²) in [7, 11) is 0. The summed E-state index contributed by atoms with van der Waals surface area (Å²) in [5.41, 5.74) is 0.824. The molecule has 0 radical (unpaired) electrons. The van der Waals surface area contributed by atoms with E-state index in [1.807, 2.05) is 37.3 Å². The number of rotatable bonds is 5. The van der Waals surface area contributed by atoms with E-state index < -0.39 is 0 Å². The smallest absolute Gasteiger partial charge is 0.219 e. The van der Waals surface area contributed by atoms with Gasteiger partial charge in [-0.25, -0.2) is 0 Å². The third-order valence-corrected chi connectivity index (χ3v) is 2.97. The van der Waals surface area contributed by atoms with Crippen LogP contribution >= 0.6 is 0 Å². The number of carbonyl (C=O) groups is 1. The van der Waals surface area contributed by atoms with Gasteiger partial charge in [-0.3, -0.25) is 4.79 Å². The summed E-state index contributed by atoms with van der Waals surface area (Å²) >= 11 is 0. The van der Waals surface area contributed by atoms with Crippen molar-refractivity contribution in [1.29, 1.82) is 0 Å². The zero-order valence-corrected chi connectivity index (χ0v) is 9.79. The van der Waals surface area contributed by atoms with Crippen LogP contribution in [-0.2, 0) is 0 Å².